The van der Waals surface area contributed by atoms with Crippen LogP contribution in [-0.4, -0.2) is 75.2 Å². The lowest BCUT2D eigenvalue weighted by Crippen LogP contribution is -2.29. The average molecular weight is 284 g/mol. The van der Waals surface area contributed by atoms with Gasteiger partial charge >= 0.3 is 0 Å². The Hall–Kier alpha value is -1.66. The lowest BCUT2D eigenvalue weighted by atomic mass is 10.5. The highest BCUT2D eigenvalue weighted by molar-refractivity contribution is 5.87. The zero-order chi connectivity index (χ0) is 15.4. The molecule has 0 bridgehead atoms. The summed E-state index contributed by atoms with van der Waals surface area (Å²) in [6.45, 7) is 9.66. The van der Waals surface area contributed by atoms with Crippen LogP contribution in [0.2, 0.25) is 0 Å². The van der Waals surface area contributed by atoms with Gasteiger partial charge in [0.2, 0.25) is 11.8 Å². The topological polar surface area (TPSA) is 59.1 Å². The van der Waals surface area contributed by atoms with Crippen LogP contribution in [0.4, 0.5) is 0 Å². The van der Waals surface area contributed by atoms with E-state index in [9.17, 15) is 9.59 Å². The van der Waals surface area contributed by atoms with Gasteiger partial charge in [0, 0.05) is 27.2 Å². The van der Waals surface area contributed by atoms with E-state index in [-0.39, 0.29) is 11.8 Å². The van der Waals surface area contributed by atoms with E-state index >= 15 is 0 Å². The molecule has 20 heavy (non-hydrogen) atoms. The van der Waals surface area contributed by atoms with E-state index in [0.29, 0.717) is 39.5 Å². The lowest BCUT2D eigenvalue weighted by Gasteiger charge is -2.16. The summed E-state index contributed by atoms with van der Waals surface area (Å²) in [5, 5.41) is 0. The molecule has 0 saturated heterocycles. The van der Waals surface area contributed by atoms with Crippen molar-refractivity contribution in [2.75, 3.05) is 53.6 Å². The molecule has 0 aromatic rings. The van der Waals surface area contributed by atoms with Crippen molar-refractivity contribution in [2.45, 2.75) is 0 Å². The van der Waals surface area contributed by atoms with Crippen LogP contribution >= 0.6 is 0 Å². The second-order valence-corrected chi connectivity index (χ2v) is 4.15. The molecule has 0 aliphatic rings. The predicted molar refractivity (Wildman–Crippen MR) is 77.3 cm³/mol. The lowest BCUT2D eigenvalue weighted by molar-refractivity contribution is -0.126. The van der Waals surface area contributed by atoms with Crippen LogP contribution in [0, 0.1) is 0 Å². The summed E-state index contributed by atoms with van der Waals surface area (Å²) in [4.78, 5) is 25.4. The summed E-state index contributed by atoms with van der Waals surface area (Å²) in [5.41, 5.74) is 0. The van der Waals surface area contributed by atoms with Crippen molar-refractivity contribution < 1.29 is 19.1 Å². The Morgan fingerprint density at radius 1 is 0.850 bits per heavy atom. The third-order valence-corrected chi connectivity index (χ3v) is 2.62. The first-order valence-electron chi connectivity index (χ1n) is 6.43. The molecule has 0 atom stereocenters. The van der Waals surface area contributed by atoms with Gasteiger partial charge in [0.25, 0.3) is 0 Å². The van der Waals surface area contributed by atoms with E-state index in [4.69, 9.17) is 9.47 Å². The van der Waals surface area contributed by atoms with Crippen molar-refractivity contribution in [1.82, 2.24) is 9.80 Å². The summed E-state index contributed by atoms with van der Waals surface area (Å²) in [6.07, 6.45) is 2.54. The van der Waals surface area contributed by atoms with Crippen molar-refractivity contribution in [2.24, 2.45) is 0 Å². The molecular formula is C14H24N2O4. The first-order chi connectivity index (χ1) is 9.52. The number of likely N-dealkylation sites (N-methyl/N-ethyl adjacent to an activating group) is 2. The van der Waals surface area contributed by atoms with Crippen LogP contribution in [0.5, 0.6) is 0 Å². The molecule has 0 aliphatic heterocycles. The standard InChI is InChI=1S/C14H24N2O4/c1-5-13(17)15(3)7-9-19-11-12-20-10-8-16(4)14(18)6-2/h5-6H,1-2,7-12H2,3-4H3. The molecule has 6 nitrogen and oxygen atoms in total. The van der Waals surface area contributed by atoms with Crippen LogP contribution < -0.4 is 0 Å². The normalized spacial score (nSPS) is 9.90. The molecule has 0 heterocycles. The average Bonchev–Trinajstić information content (AvgIpc) is 2.47. The summed E-state index contributed by atoms with van der Waals surface area (Å²) >= 11 is 0. The molecule has 0 rings (SSSR count). The van der Waals surface area contributed by atoms with Gasteiger partial charge in [0.1, 0.15) is 0 Å². The maximum Gasteiger partial charge on any atom is 0.245 e. The minimum atomic E-state index is -0.125. The number of nitrogens with zero attached hydrogens (tertiary/aromatic N) is 2. The van der Waals surface area contributed by atoms with Crippen molar-refractivity contribution in [3.05, 3.63) is 25.3 Å². The number of hydrogen-bond donors (Lipinski definition) is 0. The maximum atomic E-state index is 11.1. The van der Waals surface area contributed by atoms with Gasteiger partial charge in [-0.2, -0.15) is 0 Å². The monoisotopic (exact) mass is 284 g/mol. The minimum absolute atomic E-state index is 0.125. The molecule has 2 amide bonds. The SMILES string of the molecule is C=CC(=O)N(C)CCOCCOCCN(C)C(=O)C=C. The number of amides is 2. The van der Waals surface area contributed by atoms with Crippen molar-refractivity contribution in [3.8, 4) is 0 Å². The van der Waals surface area contributed by atoms with E-state index in [0.717, 1.165) is 0 Å². The first-order valence-corrected chi connectivity index (χ1v) is 6.43. The molecule has 0 saturated carbocycles. The highest BCUT2D eigenvalue weighted by Gasteiger charge is 2.04. The molecule has 0 radical (unpaired) electrons. The van der Waals surface area contributed by atoms with E-state index in [1.165, 1.54) is 22.0 Å². The molecule has 0 spiro atoms. The fourth-order valence-corrected chi connectivity index (χ4v) is 1.26. The second-order valence-electron chi connectivity index (χ2n) is 4.15. The number of hydrogen-bond acceptors (Lipinski definition) is 4. The van der Waals surface area contributed by atoms with Crippen LogP contribution in [0.1, 0.15) is 0 Å². The Bertz CT molecular complexity index is 299. The quantitative estimate of drug-likeness (QED) is 0.405. The first kappa shape index (κ1) is 18.3. The number of ether oxygens (including phenoxy) is 2. The van der Waals surface area contributed by atoms with Crippen LogP contribution in [-0.2, 0) is 19.1 Å². The van der Waals surface area contributed by atoms with Crippen molar-refractivity contribution in [1.29, 1.82) is 0 Å². The number of rotatable bonds is 11. The van der Waals surface area contributed by atoms with Crippen molar-refractivity contribution >= 4 is 11.8 Å². The largest absolute Gasteiger partial charge is 0.377 e. The smallest absolute Gasteiger partial charge is 0.245 e. The number of carbonyl (C=O) groups is 2. The third kappa shape index (κ3) is 8.44. The number of carbonyl (C=O) groups excluding carboxylic acids is 2. The molecule has 0 aromatic carbocycles. The highest BCUT2D eigenvalue weighted by atomic mass is 16.5. The van der Waals surface area contributed by atoms with Gasteiger partial charge in [-0.25, -0.2) is 0 Å². The van der Waals surface area contributed by atoms with Gasteiger partial charge in [-0.1, -0.05) is 13.2 Å². The van der Waals surface area contributed by atoms with Gasteiger partial charge in [-0.05, 0) is 12.2 Å². The van der Waals surface area contributed by atoms with Gasteiger partial charge in [-0.15, -0.1) is 0 Å². The second kappa shape index (κ2) is 11.2. The summed E-state index contributed by atoms with van der Waals surface area (Å²) in [6, 6.07) is 0. The van der Waals surface area contributed by atoms with Crippen LogP contribution in [0.25, 0.3) is 0 Å². The van der Waals surface area contributed by atoms with Crippen molar-refractivity contribution in [3.63, 3.8) is 0 Å². The highest BCUT2D eigenvalue weighted by Crippen LogP contribution is 1.88. The zero-order valence-electron chi connectivity index (χ0n) is 12.3. The van der Waals surface area contributed by atoms with E-state index in [1.54, 1.807) is 14.1 Å². The minimum Gasteiger partial charge on any atom is -0.377 e. The Morgan fingerprint density at radius 3 is 1.50 bits per heavy atom. The molecule has 114 valence electrons. The molecule has 0 aromatic heterocycles. The summed E-state index contributed by atoms with van der Waals surface area (Å²) < 4.78 is 10.6. The van der Waals surface area contributed by atoms with Gasteiger partial charge in [-0.3, -0.25) is 9.59 Å². The third-order valence-electron chi connectivity index (χ3n) is 2.62. The van der Waals surface area contributed by atoms with E-state index in [1.807, 2.05) is 0 Å². The summed E-state index contributed by atoms with van der Waals surface area (Å²) in [5.74, 6) is -0.250. The predicted octanol–water partition coefficient (Wildman–Crippen LogP) is 0.308. The van der Waals surface area contributed by atoms with Crippen LogP contribution in [0.15, 0.2) is 25.3 Å². The Labute approximate surface area is 120 Å². The Balaban J connectivity index is 3.41. The fourth-order valence-electron chi connectivity index (χ4n) is 1.26. The molecule has 0 unspecified atom stereocenters. The van der Waals surface area contributed by atoms with E-state index < -0.39 is 0 Å². The van der Waals surface area contributed by atoms with E-state index in [2.05, 4.69) is 13.2 Å². The Morgan fingerprint density at radius 2 is 1.20 bits per heavy atom. The molecule has 0 fully saturated rings. The molecule has 0 N–H and O–H groups in total. The molecule has 6 heteroatoms. The summed E-state index contributed by atoms with van der Waals surface area (Å²) in [7, 11) is 3.38. The Kier molecular flexibility index (Phi) is 10.3. The van der Waals surface area contributed by atoms with Gasteiger partial charge < -0.3 is 19.3 Å². The molecular weight excluding hydrogens is 260 g/mol. The van der Waals surface area contributed by atoms with Gasteiger partial charge in [0.15, 0.2) is 0 Å². The van der Waals surface area contributed by atoms with Gasteiger partial charge in [0.05, 0.1) is 26.4 Å². The zero-order valence-corrected chi connectivity index (χ0v) is 12.3. The fraction of sp³-hybridized carbons (Fsp3) is 0.571. The maximum absolute atomic E-state index is 11.1. The van der Waals surface area contributed by atoms with Crippen LogP contribution in [0.3, 0.4) is 0 Å². The molecule has 0 aliphatic carbocycles.